The molecule has 2 bridgehead atoms. The highest BCUT2D eigenvalue weighted by atomic mass is 35.5. The normalized spacial score (nSPS) is 29.2. The number of amides is 2. The number of hydrogen-bond donors (Lipinski definition) is 1. The maximum atomic E-state index is 13.1. The van der Waals surface area contributed by atoms with Crippen molar-refractivity contribution >= 4 is 40.7 Å². The topological polar surface area (TPSA) is 52.7 Å². The molecule has 1 N–H and O–H groups in total. The Kier molecular flexibility index (Phi) is 4.65. The first kappa shape index (κ1) is 17.1. The van der Waals surface area contributed by atoms with Crippen molar-refractivity contribution in [3.05, 3.63) is 28.2 Å². The van der Waals surface area contributed by atoms with E-state index in [0.717, 1.165) is 32.4 Å². The predicted molar refractivity (Wildman–Crippen MR) is 98.1 cm³/mol. The predicted octanol–water partition coefficient (Wildman–Crippen LogP) is 2.70. The van der Waals surface area contributed by atoms with Gasteiger partial charge >= 0.3 is 0 Å². The van der Waals surface area contributed by atoms with Crippen LogP contribution >= 0.6 is 23.2 Å². The van der Waals surface area contributed by atoms with E-state index in [2.05, 4.69) is 5.32 Å². The second-order valence-electron chi connectivity index (χ2n) is 7.05. The number of fused-ring (bicyclic) bond motifs is 2. The fraction of sp³-hybridized carbons (Fsp3) is 0.556. The Morgan fingerprint density at radius 2 is 1.92 bits per heavy atom. The summed E-state index contributed by atoms with van der Waals surface area (Å²) < 4.78 is 0. The van der Waals surface area contributed by atoms with Gasteiger partial charge in [0.2, 0.25) is 11.8 Å². The molecular weight excluding hydrogens is 361 g/mol. The summed E-state index contributed by atoms with van der Waals surface area (Å²) in [6, 6.07) is 5.55. The fourth-order valence-corrected chi connectivity index (χ4v) is 4.75. The molecule has 0 radical (unpaired) electrons. The van der Waals surface area contributed by atoms with E-state index in [1.807, 2.05) is 4.90 Å². The second-order valence-corrected chi connectivity index (χ2v) is 7.89. The number of hydrogen-bond acceptors (Lipinski definition) is 3. The molecule has 3 atom stereocenters. The Hall–Kier alpha value is -1.30. The van der Waals surface area contributed by atoms with E-state index >= 15 is 0 Å². The van der Waals surface area contributed by atoms with Crippen LogP contribution in [-0.2, 0) is 9.59 Å². The van der Waals surface area contributed by atoms with Crippen molar-refractivity contribution in [2.45, 2.75) is 37.8 Å². The van der Waals surface area contributed by atoms with Crippen LogP contribution in [0.5, 0.6) is 0 Å². The molecule has 0 aromatic heterocycles. The van der Waals surface area contributed by atoms with Crippen LogP contribution in [0.3, 0.4) is 0 Å². The second kappa shape index (κ2) is 6.78. The maximum absolute atomic E-state index is 13.1. The summed E-state index contributed by atoms with van der Waals surface area (Å²) in [4.78, 5) is 29.7. The molecule has 3 saturated heterocycles. The Morgan fingerprint density at radius 1 is 1.12 bits per heavy atom. The minimum atomic E-state index is -0.601. The lowest BCUT2D eigenvalue weighted by molar-refractivity contribution is -0.142. The standard InChI is InChI=1S/C18H21Cl2N3O2/c19-11-1-4-15(20)16(9-11)22-8-6-14(17(22)24)18(25)23-12-2-3-13(23)10-21-7-5-12/h1,4,9,12-14,21H,2-3,5-8,10H2. The van der Waals surface area contributed by atoms with Crippen LogP contribution in [0.25, 0.3) is 0 Å². The summed E-state index contributed by atoms with van der Waals surface area (Å²) in [7, 11) is 0. The van der Waals surface area contributed by atoms with Gasteiger partial charge in [-0.3, -0.25) is 9.59 Å². The van der Waals surface area contributed by atoms with Gasteiger partial charge in [0, 0.05) is 30.2 Å². The van der Waals surface area contributed by atoms with E-state index in [9.17, 15) is 9.59 Å². The molecule has 3 aliphatic heterocycles. The average molecular weight is 382 g/mol. The number of carbonyl (C=O) groups is 2. The quantitative estimate of drug-likeness (QED) is 0.801. The maximum Gasteiger partial charge on any atom is 0.239 e. The number of rotatable bonds is 2. The third-order valence-electron chi connectivity index (χ3n) is 5.61. The monoisotopic (exact) mass is 381 g/mol. The number of nitrogens with zero attached hydrogens (tertiary/aromatic N) is 2. The smallest absolute Gasteiger partial charge is 0.239 e. The van der Waals surface area contributed by atoms with E-state index in [0.29, 0.717) is 28.7 Å². The molecule has 0 spiro atoms. The molecule has 7 heteroatoms. The average Bonchev–Trinajstić information content (AvgIpc) is 3.08. The largest absolute Gasteiger partial charge is 0.335 e. The molecular formula is C18H21Cl2N3O2. The van der Waals surface area contributed by atoms with E-state index in [1.165, 1.54) is 0 Å². The lowest BCUT2D eigenvalue weighted by Gasteiger charge is -2.30. The van der Waals surface area contributed by atoms with Crippen molar-refractivity contribution in [3.8, 4) is 0 Å². The lowest BCUT2D eigenvalue weighted by atomic mass is 10.0. The molecule has 1 aromatic carbocycles. The minimum Gasteiger partial charge on any atom is -0.335 e. The highest BCUT2D eigenvalue weighted by Gasteiger charge is 2.46. The van der Waals surface area contributed by atoms with E-state index in [-0.39, 0.29) is 23.9 Å². The Bertz CT molecular complexity index is 698. The van der Waals surface area contributed by atoms with Gasteiger partial charge < -0.3 is 15.1 Å². The zero-order chi connectivity index (χ0) is 17.6. The van der Waals surface area contributed by atoms with Gasteiger partial charge in [-0.05, 0) is 50.4 Å². The summed E-state index contributed by atoms with van der Waals surface area (Å²) >= 11 is 12.3. The summed E-state index contributed by atoms with van der Waals surface area (Å²) in [5.41, 5.74) is 0.593. The van der Waals surface area contributed by atoms with Crippen molar-refractivity contribution in [2.75, 3.05) is 24.5 Å². The molecule has 3 heterocycles. The van der Waals surface area contributed by atoms with Crippen LogP contribution < -0.4 is 10.2 Å². The number of halogens is 2. The molecule has 134 valence electrons. The van der Waals surface area contributed by atoms with Gasteiger partial charge in [0.15, 0.2) is 0 Å². The molecule has 5 nitrogen and oxygen atoms in total. The molecule has 25 heavy (non-hydrogen) atoms. The summed E-state index contributed by atoms with van der Waals surface area (Å²) in [6.45, 7) is 2.26. The zero-order valence-electron chi connectivity index (χ0n) is 13.9. The highest BCUT2D eigenvalue weighted by Crippen LogP contribution is 2.36. The zero-order valence-corrected chi connectivity index (χ0v) is 15.4. The van der Waals surface area contributed by atoms with Crippen LogP contribution in [0.4, 0.5) is 5.69 Å². The third-order valence-corrected chi connectivity index (χ3v) is 6.17. The lowest BCUT2D eigenvalue weighted by Crippen LogP contribution is -2.47. The molecule has 3 unspecified atom stereocenters. The summed E-state index contributed by atoms with van der Waals surface area (Å²) in [6.07, 6.45) is 3.56. The molecule has 4 rings (SSSR count). The molecule has 3 aliphatic rings. The summed E-state index contributed by atoms with van der Waals surface area (Å²) in [5, 5.41) is 4.40. The number of carbonyl (C=O) groups excluding carboxylic acids is 2. The van der Waals surface area contributed by atoms with Gasteiger partial charge in [-0.15, -0.1) is 0 Å². The van der Waals surface area contributed by atoms with Crippen molar-refractivity contribution in [1.29, 1.82) is 0 Å². The minimum absolute atomic E-state index is 0.0122. The number of benzene rings is 1. The van der Waals surface area contributed by atoms with Gasteiger partial charge in [0.1, 0.15) is 5.92 Å². The highest BCUT2D eigenvalue weighted by molar-refractivity contribution is 6.36. The van der Waals surface area contributed by atoms with E-state index < -0.39 is 5.92 Å². The van der Waals surface area contributed by atoms with Crippen LogP contribution in [0, 0.1) is 5.92 Å². The third kappa shape index (κ3) is 3.03. The van der Waals surface area contributed by atoms with Crippen molar-refractivity contribution in [3.63, 3.8) is 0 Å². The first-order valence-corrected chi connectivity index (χ1v) is 9.61. The molecule has 0 saturated carbocycles. The SMILES string of the molecule is O=C1C(C(=O)N2C3CCNCC2CC3)CCN1c1cc(Cl)ccc1Cl. The van der Waals surface area contributed by atoms with Gasteiger partial charge in [-0.25, -0.2) is 0 Å². The van der Waals surface area contributed by atoms with Crippen LogP contribution in [-0.4, -0.2) is 48.4 Å². The van der Waals surface area contributed by atoms with Crippen LogP contribution in [0.15, 0.2) is 18.2 Å². The van der Waals surface area contributed by atoms with Crippen LogP contribution in [0.2, 0.25) is 10.0 Å². The van der Waals surface area contributed by atoms with Gasteiger partial charge in [0.05, 0.1) is 10.7 Å². The molecule has 3 fully saturated rings. The van der Waals surface area contributed by atoms with Crippen molar-refractivity contribution in [1.82, 2.24) is 10.2 Å². The number of nitrogens with one attached hydrogen (secondary N) is 1. The van der Waals surface area contributed by atoms with Gasteiger partial charge in [-0.1, -0.05) is 23.2 Å². The first-order chi connectivity index (χ1) is 12.1. The molecule has 2 amide bonds. The van der Waals surface area contributed by atoms with Gasteiger partial charge in [-0.2, -0.15) is 0 Å². The first-order valence-electron chi connectivity index (χ1n) is 8.85. The Balaban J connectivity index is 1.55. The van der Waals surface area contributed by atoms with Gasteiger partial charge in [0.25, 0.3) is 0 Å². The molecule has 1 aromatic rings. The fourth-order valence-electron chi connectivity index (χ4n) is 4.36. The Labute approximate surface area is 157 Å². The molecule has 0 aliphatic carbocycles. The summed E-state index contributed by atoms with van der Waals surface area (Å²) in [5.74, 6) is -0.774. The Morgan fingerprint density at radius 3 is 2.76 bits per heavy atom. The van der Waals surface area contributed by atoms with Crippen molar-refractivity contribution in [2.24, 2.45) is 5.92 Å². The van der Waals surface area contributed by atoms with E-state index in [1.54, 1.807) is 23.1 Å². The van der Waals surface area contributed by atoms with Crippen molar-refractivity contribution < 1.29 is 9.59 Å². The van der Waals surface area contributed by atoms with Crippen LogP contribution in [0.1, 0.15) is 25.7 Å². The number of anilines is 1. The van der Waals surface area contributed by atoms with E-state index in [4.69, 9.17) is 23.2 Å².